The summed E-state index contributed by atoms with van der Waals surface area (Å²) in [5.41, 5.74) is 1.19. The third-order valence-electron chi connectivity index (χ3n) is 5.48. The van der Waals surface area contributed by atoms with Crippen LogP contribution in [0.15, 0.2) is 47.4 Å². The van der Waals surface area contributed by atoms with Crippen LogP contribution in [0.2, 0.25) is 0 Å². The molecule has 7 nitrogen and oxygen atoms in total. The maximum absolute atomic E-state index is 13.1. The standard InChI is InChI=1S/C20H22N4O3/c1-13-8-9-24(14(2)15-6-4-3-5-7-15)18(26)16(13)17(25)23-11-20(12-23)10-21-19(27)22-20/h3-9,14H,10-12H2,1-2H3,(H2,21,22,27). The molecule has 7 heteroatoms. The van der Waals surface area contributed by atoms with E-state index >= 15 is 0 Å². The maximum Gasteiger partial charge on any atom is 0.315 e. The third-order valence-corrected chi connectivity index (χ3v) is 5.48. The summed E-state index contributed by atoms with van der Waals surface area (Å²) in [6, 6.07) is 11.1. The molecule has 3 heterocycles. The first-order valence-corrected chi connectivity index (χ1v) is 9.02. The Hall–Kier alpha value is -3.09. The average Bonchev–Trinajstić information content (AvgIpc) is 3.03. The number of amides is 3. The van der Waals surface area contributed by atoms with Crippen molar-refractivity contribution in [3.05, 3.63) is 69.6 Å². The highest BCUT2D eigenvalue weighted by atomic mass is 16.2. The molecular formula is C20H22N4O3. The fourth-order valence-corrected chi connectivity index (χ4v) is 3.85. The minimum absolute atomic E-state index is 0.174. The predicted molar refractivity (Wildman–Crippen MR) is 101 cm³/mol. The highest BCUT2D eigenvalue weighted by Crippen LogP contribution is 2.25. The summed E-state index contributed by atoms with van der Waals surface area (Å²) in [7, 11) is 0. The zero-order valence-electron chi connectivity index (χ0n) is 15.4. The van der Waals surface area contributed by atoms with Gasteiger partial charge in [0.1, 0.15) is 5.56 Å². The van der Waals surface area contributed by atoms with Crippen molar-refractivity contribution in [2.24, 2.45) is 0 Å². The van der Waals surface area contributed by atoms with Gasteiger partial charge in [-0.25, -0.2) is 4.79 Å². The summed E-state index contributed by atoms with van der Waals surface area (Å²) in [6.45, 7) is 5.04. The molecule has 2 saturated heterocycles. The van der Waals surface area contributed by atoms with Crippen LogP contribution in [0.1, 0.15) is 34.5 Å². The average molecular weight is 366 g/mol. The van der Waals surface area contributed by atoms with Gasteiger partial charge in [-0.2, -0.15) is 0 Å². The van der Waals surface area contributed by atoms with Crippen molar-refractivity contribution in [1.82, 2.24) is 20.1 Å². The summed E-state index contributed by atoms with van der Waals surface area (Å²) in [6.07, 6.45) is 1.74. The van der Waals surface area contributed by atoms with Gasteiger partial charge in [0.2, 0.25) is 0 Å². The van der Waals surface area contributed by atoms with Gasteiger partial charge < -0.3 is 20.1 Å². The molecule has 0 bridgehead atoms. The molecule has 0 radical (unpaired) electrons. The van der Waals surface area contributed by atoms with Gasteiger partial charge in [0, 0.05) is 25.8 Å². The van der Waals surface area contributed by atoms with Gasteiger partial charge in [-0.15, -0.1) is 0 Å². The molecular weight excluding hydrogens is 344 g/mol. The molecule has 2 aromatic rings. The van der Waals surface area contributed by atoms with Crippen LogP contribution in [0, 0.1) is 6.92 Å². The Bertz CT molecular complexity index is 961. The van der Waals surface area contributed by atoms with Gasteiger partial charge in [0.05, 0.1) is 11.6 Å². The number of hydrogen-bond donors (Lipinski definition) is 2. The first-order valence-electron chi connectivity index (χ1n) is 9.02. The molecule has 1 atom stereocenters. The molecule has 2 N–H and O–H groups in total. The number of carbonyl (C=O) groups is 2. The number of pyridine rings is 1. The first-order chi connectivity index (χ1) is 12.9. The monoisotopic (exact) mass is 366 g/mol. The quantitative estimate of drug-likeness (QED) is 0.858. The van der Waals surface area contributed by atoms with Gasteiger partial charge in [0.15, 0.2) is 0 Å². The van der Waals surface area contributed by atoms with Crippen molar-refractivity contribution in [3.63, 3.8) is 0 Å². The summed E-state index contributed by atoms with van der Waals surface area (Å²) in [4.78, 5) is 39.1. The van der Waals surface area contributed by atoms with Gasteiger partial charge in [0.25, 0.3) is 11.5 Å². The van der Waals surface area contributed by atoms with Crippen molar-refractivity contribution < 1.29 is 9.59 Å². The Morgan fingerprint density at radius 2 is 1.85 bits per heavy atom. The Morgan fingerprint density at radius 3 is 2.48 bits per heavy atom. The first kappa shape index (κ1) is 17.3. The van der Waals surface area contributed by atoms with Gasteiger partial charge in [-0.1, -0.05) is 30.3 Å². The van der Waals surface area contributed by atoms with E-state index in [1.54, 1.807) is 22.6 Å². The number of rotatable bonds is 3. The number of nitrogens with zero attached hydrogens (tertiary/aromatic N) is 2. The van der Waals surface area contributed by atoms with Crippen LogP contribution >= 0.6 is 0 Å². The Kier molecular flexibility index (Phi) is 4.02. The van der Waals surface area contributed by atoms with Crippen molar-refractivity contribution in [3.8, 4) is 0 Å². The lowest BCUT2D eigenvalue weighted by Crippen LogP contribution is -2.70. The van der Waals surface area contributed by atoms with Crippen LogP contribution in [0.5, 0.6) is 0 Å². The van der Waals surface area contributed by atoms with E-state index < -0.39 is 5.54 Å². The van der Waals surface area contributed by atoms with Crippen LogP contribution in [-0.4, -0.2) is 46.6 Å². The zero-order chi connectivity index (χ0) is 19.2. The molecule has 4 rings (SSSR count). The lowest BCUT2D eigenvalue weighted by Gasteiger charge is -2.46. The van der Waals surface area contributed by atoms with Crippen molar-refractivity contribution >= 4 is 11.9 Å². The van der Waals surface area contributed by atoms with Gasteiger partial charge in [-0.3, -0.25) is 9.59 Å². The lowest BCUT2D eigenvalue weighted by molar-refractivity contribution is 0.0394. The van der Waals surface area contributed by atoms with E-state index in [0.29, 0.717) is 25.2 Å². The van der Waals surface area contributed by atoms with E-state index in [1.165, 1.54) is 0 Å². The highest BCUT2D eigenvalue weighted by molar-refractivity contribution is 5.96. The van der Waals surface area contributed by atoms with Crippen LogP contribution in [0.25, 0.3) is 0 Å². The third kappa shape index (κ3) is 2.89. The molecule has 1 aromatic carbocycles. The normalized spacial score (nSPS) is 18.6. The Balaban J connectivity index is 1.61. The summed E-state index contributed by atoms with van der Waals surface area (Å²) < 4.78 is 1.60. The fourth-order valence-electron chi connectivity index (χ4n) is 3.85. The number of urea groups is 1. The number of nitrogens with one attached hydrogen (secondary N) is 2. The number of likely N-dealkylation sites (tertiary alicyclic amines) is 1. The summed E-state index contributed by atoms with van der Waals surface area (Å²) in [5.74, 6) is -0.279. The van der Waals surface area contributed by atoms with E-state index in [-0.39, 0.29) is 29.1 Å². The van der Waals surface area contributed by atoms with Crippen molar-refractivity contribution in [2.75, 3.05) is 19.6 Å². The van der Waals surface area contributed by atoms with Crippen LogP contribution in [-0.2, 0) is 0 Å². The molecule has 140 valence electrons. The molecule has 2 fully saturated rings. The number of hydrogen-bond acceptors (Lipinski definition) is 3. The molecule has 1 aromatic heterocycles. The predicted octanol–water partition coefficient (Wildman–Crippen LogP) is 1.27. The van der Waals surface area contributed by atoms with E-state index in [2.05, 4.69) is 10.6 Å². The number of benzene rings is 1. The van der Waals surface area contributed by atoms with E-state index in [0.717, 1.165) is 5.56 Å². The van der Waals surface area contributed by atoms with Crippen molar-refractivity contribution in [2.45, 2.75) is 25.4 Å². The second-order valence-corrected chi connectivity index (χ2v) is 7.42. The molecule has 1 spiro atoms. The van der Waals surface area contributed by atoms with Crippen molar-refractivity contribution in [1.29, 1.82) is 0 Å². The lowest BCUT2D eigenvalue weighted by atomic mass is 9.90. The van der Waals surface area contributed by atoms with E-state index in [4.69, 9.17) is 0 Å². The Labute approximate surface area is 157 Å². The number of aryl methyl sites for hydroxylation is 1. The van der Waals surface area contributed by atoms with E-state index in [9.17, 15) is 14.4 Å². The summed E-state index contributed by atoms with van der Waals surface area (Å²) >= 11 is 0. The highest BCUT2D eigenvalue weighted by Gasteiger charge is 2.50. The molecule has 27 heavy (non-hydrogen) atoms. The number of aromatic nitrogens is 1. The largest absolute Gasteiger partial charge is 0.336 e. The van der Waals surface area contributed by atoms with E-state index in [1.807, 2.05) is 43.3 Å². The molecule has 1 unspecified atom stereocenters. The number of carbonyl (C=O) groups excluding carboxylic acids is 2. The minimum atomic E-state index is -0.397. The Morgan fingerprint density at radius 1 is 1.15 bits per heavy atom. The molecule has 2 aliphatic rings. The second-order valence-electron chi connectivity index (χ2n) is 7.42. The minimum Gasteiger partial charge on any atom is -0.336 e. The van der Waals surface area contributed by atoms with Crippen LogP contribution in [0.4, 0.5) is 4.79 Å². The molecule has 2 aliphatic heterocycles. The van der Waals surface area contributed by atoms with Crippen LogP contribution < -0.4 is 16.2 Å². The van der Waals surface area contributed by atoms with Gasteiger partial charge >= 0.3 is 6.03 Å². The zero-order valence-corrected chi connectivity index (χ0v) is 15.4. The smallest absolute Gasteiger partial charge is 0.315 e. The maximum atomic E-state index is 13.1. The SMILES string of the molecule is Cc1ccn(C(C)c2ccccc2)c(=O)c1C(=O)N1CC2(CNC(=O)N2)C1. The second kappa shape index (κ2) is 6.26. The summed E-state index contributed by atoms with van der Waals surface area (Å²) in [5, 5.41) is 5.58. The van der Waals surface area contributed by atoms with Gasteiger partial charge in [-0.05, 0) is 31.0 Å². The fraction of sp³-hybridized carbons (Fsp3) is 0.350. The molecule has 0 aliphatic carbocycles. The van der Waals surface area contributed by atoms with Crippen LogP contribution in [0.3, 0.4) is 0 Å². The molecule has 3 amide bonds. The molecule has 0 saturated carbocycles. The topological polar surface area (TPSA) is 83.4 Å².